The van der Waals surface area contributed by atoms with Crippen LogP contribution in [0.1, 0.15) is 27.0 Å². The molecule has 9 heteroatoms. The number of hydrogen-bond acceptors (Lipinski definition) is 7. The fourth-order valence-corrected chi connectivity index (χ4v) is 3.19. The number of carbonyl (C=O) groups excluding carboxylic acids is 1. The lowest BCUT2D eigenvalue weighted by Crippen LogP contribution is -2.24. The Morgan fingerprint density at radius 1 is 0.941 bits per heavy atom. The lowest BCUT2D eigenvalue weighted by Gasteiger charge is -2.12. The van der Waals surface area contributed by atoms with Crippen molar-refractivity contribution >= 4 is 17.5 Å². The summed E-state index contributed by atoms with van der Waals surface area (Å²) in [7, 11) is 0. The van der Waals surface area contributed by atoms with Gasteiger partial charge in [-0.05, 0) is 29.3 Å². The number of nitrogens with one attached hydrogen (secondary N) is 2. The molecule has 0 spiro atoms. The molecule has 2 aromatic heterocycles. The van der Waals surface area contributed by atoms with Gasteiger partial charge in [-0.1, -0.05) is 36.4 Å². The predicted octanol–water partition coefficient (Wildman–Crippen LogP) is 3.67. The van der Waals surface area contributed by atoms with E-state index in [4.69, 9.17) is 5.73 Å². The number of pyridine rings is 1. The van der Waals surface area contributed by atoms with Gasteiger partial charge in [0.2, 0.25) is 0 Å². The largest absolute Gasteiger partial charge is 0.382 e. The summed E-state index contributed by atoms with van der Waals surface area (Å²) in [5.74, 6) is -0.0308. The molecule has 34 heavy (non-hydrogen) atoms. The standard InChI is InChI=1S/C25H20FN7O/c26-20-7-3-17(4-8-20)12-33-25(34)21-9-18(10-27)13-32-24(21)31-11-16-1-5-19(6-2-16)22-14-30-23(28)15-29-22/h1-9,13-15H,11-12H2,(H2,28,30)(H,31,32)(H,33,34). The average Bonchev–Trinajstić information content (AvgIpc) is 2.87. The second-order valence-corrected chi connectivity index (χ2v) is 7.42. The predicted molar refractivity (Wildman–Crippen MR) is 126 cm³/mol. The van der Waals surface area contributed by atoms with Crippen LogP contribution in [0.15, 0.2) is 73.2 Å². The molecule has 2 aromatic carbocycles. The molecule has 0 bridgehead atoms. The van der Waals surface area contributed by atoms with Crippen molar-refractivity contribution in [2.24, 2.45) is 0 Å². The highest BCUT2D eigenvalue weighted by atomic mass is 19.1. The molecule has 1 amide bonds. The van der Waals surface area contributed by atoms with E-state index >= 15 is 0 Å². The van der Waals surface area contributed by atoms with Gasteiger partial charge in [0.1, 0.15) is 23.5 Å². The van der Waals surface area contributed by atoms with Crippen LogP contribution in [0.4, 0.5) is 16.0 Å². The van der Waals surface area contributed by atoms with Crippen LogP contribution < -0.4 is 16.4 Å². The van der Waals surface area contributed by atoms with Crippen LogP contribution in [-0.4, -0.2) is 20.9 Å². The van der Waals surface area contributed by atoms with Crippen molar-refractivity contribution in [3.05, 3.63) is 101 Å². The molecule has 0 fully saturated rings. The number of nitrogens with zero attached hydrogens (tertiary/aromatic N) is 4. The third-order valence-corrected chi connectivity index (χ3v) is 5.01. The molecule has 0 aliphatic heterocycles. The van der Waals surface area contributed by atoms with Crippen LogP contribution in [0.25, 0.3) is 11.3 Å². The molecule has 0 aliphatic carbocycles. The number of nitrogens with two attached hydrogens (primary N) is 1. The normalized spacial score (nSPS) is 10.4. The first-order valence-electron chi connectivity index (χ1n) is 10.4. The SMILES string of the molecule is N#Cc1cnc(NCc2ccc(-c3cnc(N)cn3)cc2)c(C(=O)NCc2ccc(F)cc2)c1. The van der Waals surface area contributed by atoms with Crippen molar-refractivity contribution in [3.63, 3.8) is 0 Å². The van der Waals surface area contributed by atoms with Gasteiger partial charge in [-0.15, -0.1) is 0 Å². The molecule has 0 saturated heterocycles. The fraction of sp³-hybridized carbons (Fsp3) is 0.0800. The summed E-state index contributed by atoms with van der Waals surface area (Å²) in [5.41, 5.74) is 9.41. The van der Waals surface area contributed by atoms with Gasteiger partial charge in [-0.25, -0.2) is 14.4 Å². The van der Waals surface area contributed by atoms with Gasteiger partial charge in [0.15, 0.2) is 0 Å². The minimum Gasteiger partial charge on any atom is -0.382 e. The van der Waals surface area contributed by atoms with Crippen LogP contribution >= 0.6 is 0 Å². The number of halogens is 1. The number of carbonyl (C=O) groups is 1. The highest BCUT2D eigenvalue weighted by Crippen LogP contribution is 2.19. The van der Waals surface area contributed by atoms with E-state index in [9.17, 15) is 14.4 Å². The van der Waals surface area contributed by atoms with E-state index in [0.717, 1.165) is 16.7 Å². The Bertz CT molecular complexity index is 1330. The first kappa shape index (κ1) is 22.4. The molecule has 0 saturated carbocycles. The van der Waals surface area contributed by atoms with Crippen molar-refractivity contribution in [1.29, 1.82) is 5.26 Å². The van der Waals surface area contributed by atoms with Gasteiger partial charge >= 0.3 is 0 Å². The van der Waals surface area contributed by atoms with Crippen molar-refractivity contribution in [2.45, 2.75) is 13.1 Å². The first-order valence-corrected chi connectivity index (χ1v) is 10.4. The van der Waals surface area contributed by atoms with Crippen molar-refractivity contribution in [3.8, 4) is 17.3 Å². The lowest BCUT2D eigenvalue weighted by atomic mass is 10.1. The number of amides is 1. The monoisotopic (exact) mass is 453 g/mol. The summed E-state index contributed by atoms with van der Waals surface area (Å²) in [6.45, 7) is 0.621. The Labute approximate surface area is 195 Å². The van der Waals surface area contributed by atoms with E-state index in [1.807, 2.05) is 30.3 Å². The molecular weight excluding hydrogens is 433 g/mol. The third-order valence-electron chi connectivity index (χ3n) is 5.01. The van der Waals surface area contributed by atoms with Crippen LogP contribution in [0.2, 0.25) is 0 Å². The van der Waals surface area contributed by atoms with Crippen molar-refractivity contribution < 1.29 is 9.18 Å². The molecule has 0 unspecified atom stereocenters. The molecule has 0 aliphatic rings. The summed E-state index contributed by atoms with van der Waals surface area (Å²) in [6, 6.07) is 17.0. The van der Waals surface area contributed by atoms with Gasteiger partial charge < -0.3 is 16.4 Å². The summed E-state index contributed by atoms with van der Waals surface area (Å²) in [6.07, 6.45) is 4.52. The molecular formula is C25H20FN7O. The maximum Gasteiger partial charge on any atom is 0.255 e. The van der Waals surface area contributed by atoms with E-state index in [1.165, 1.54) is 30.6 Å². The summed E-state index contributed by atoms with van der Waals surface area (Å²) >= 11 is 0. The van der Waals surface area contributed by atoms with Crippen molar-refractivity contribution in [1.82, 2.24) is 20.3 Å². The zero-order valence-corrected chi connectivity index (χ0v) is 18.0. The Balaban J connectivity index is 1.45. The van der Waals surface area contributed by atoms with E-state index in [0.29, 0.717) is 23.9 Å². The Morgan fingerprint density at radius 2 is 1.65 bits per heavy atom. The maximum atomic E-state index is 13.1. The molecule has 4 rings (SSSR count). The number of anilines is 2. The summed E-state index contributed by atoms with van der Waals surface area (Å²) < 4.78 is 13.1. The van der Waals surface area contributed by atoms with Gasteiger partial charge in [-0.3, -0.25) is 9.78 Å². The smallest absolute Gasteiger partial charge is 0.255 e. The van der Waals surface area contributed by atoms with E-state index in [1.54, 1.807) is 18.3 Å². The maximum absolute atomic E-state index is 13.1. The second-order valence-electron chi connectivity index (χ2n) is 7.42. The van der Waals surface area contributed by atoms with Crippen molar-refractivity contribution in [2.75, 3.05) is 11.1 Å². The van der Waals surface area contributed by atoms with Gasteiger partial charge in [-0.2, -0.15) is 5.26 Å². The van der Waals surface area contributed by atoms with Crippen LogP contribution in [0.3, 0.4) is 0 Å². The molecule has 0 radical (unpaired) electrons. The Morgan fingerprint density at radius 3 is 2.32 bits per heavy atom. The van der Waals surface area contributed by atoms with Crippen LogP contribution in [0.5, 0.6) is 0 Å². The van der Waals surface area contributed by atoms with E-state index < -0.39 is 5.91 Å². The minimum atomic E-state index is -0.395. The first-order chi connectivity index (χ1) is 16.5. The van der Waals surface area contributed by atoms with Crippen LogP contribution in [-0.2, 0) is 13.1 Å². The summed E-state index contributed by atoms with van der Waals surface area (Å²) in [4.78, 5) is 25.4. The zero-order valence-electron chi connectivity index (χ0n) is 18.0. The molecule has 0 atom stereocenters. The second kappa shape index (κ2) is 10.2. The number of nitriles is 1. The highest BCUT2D eigenvalue weighted by Gasteiger charge is 2.14. The average molecular weight is 453 g/mol. The number of hydrogen-bond donors (Lipinski definition) is 3. The van der Waals surface area contributed by atoms with E-state index in [-0.39, 0.29) is 23.5 Å². The van der Waals surface area contributed by atoms with E-state index in [2.05, 4.69) is 25.6 Å². The molecule has 168 valence electrons. The Kier molecular flexibility index (Phi) is 6.70. The lowest BCUT2D eigenvalue weighted by molar-refractivity contribution is 0.0951. The minimum absolute atomic E-state index is 0.213. The van der Waals surface area contributed by atoms with Crippen LogP contribution in [0, 0.1) is 17.1 Å². The number of benzene rings is 2. The molecule has 4 N–H and O–H groups in total. The van der Waals surface area contributed by atoms with Gasteiger partial charge in [0, 0.05) is 24.8 Å². The molecule has 4 aromatic rings. The fourth-order valence-electron chi connectivity index (χ4n) is 3.19. The number of rotatable bonds is 7. The molecule has 2 heterocycles. The number of aromatic nitrogens is 3. The number of nitrogen functional groups attached to an aromatic ring is 1. The zero-order chi connectivity index (χ0) is 23.9. The van der Waals surface area contributed by atoms with Gasteiger partial charge in [0.25, 0.3) is 5.91 Å². The quantitative estimate of drug-likeness (QED) is 0.389. The topological polar surface area (TPSA) is 130 Å². The summed E-state index contributed by atoms with van der Waals surface area (Å²) in [5, 5.41) is 15.2. The third kappa shape index (κ3) is 5.49. The van der Waals surface area contributed by atoms with Gasteiger partial charge in [0.05, 0.1) is 29.2 Å². The molecule has 8 nitrogen and oxygen atoms in total. The highest BCUT2D eigenvalue weighted by molar-refractivity contribution is 5.99. The Hall–Kier alpha value is -4.84.